The second-order valence-corrected chi connectivity index (χ2v) is 4.84. The first-order valence-corrected chi connectivity index (χ1v) is 7.02. The number of hydrogen-bond acceptors (Lipinski definition) is 4. The van der Waals surface area contributed by atoms with Gasteiger partial charge in [0.25, 0.3) is 0 Å². The molecule has 0 spiro atoms. The zero-order valence-electron chi connectivity index (χ0n) is 11.7. The highest BCUT2D eigenvalue weighted by atomic mass is 16.5. The fraction of sp³-hybridized carbons (Fsp3) is 0.176. The van der Waals surface area contributed by atoms with Crippen LogP contribution in [0.4, 0.5) is 0 Å². The second-order valence-electron chi connectivity index (χ2n) is 4.84. The van der Waals surface area contributed by atoms with E-state index >= 15 is 0 Å². The zero-order chi connectivity index (χ0) is 14.3. The largest absolute Gasteiger partial charge is 0.343 e. The normalized spacial score (nSPS) is 10.7. The number of benzene rings is 2. The van der Waals surface area contributed by atoms with Crippen LogP contribution >= 0.6 is 0 Å². The third kappa shape index (κ3) is 3.77. The Kier molecular flexibility index (Phi) is 4.39. The van der Waals surface area contributed by atoms with Crippen molar-refractivity contribution in [1.29, 1.82) is 0 Å². The van der Waals surface area contributed by atoms with Gasteiger partial charge in [0.2, 0.25) is 6.39 Å². The molecule has 4 nitrogen and oxygen atoms in total. The van der Waals surface area contributed by atoms with E-state index in [0.717, 1.165) is 25.3 Å². The maximum atomic E-state index is 4.70. The Morgan fingerprint density at radius 1 is 0.905 bits per heavy atom. The van der Waals surface area contributed by atoms with Crippen molar-refractivity contribution in [3.63, 3.8) is 0 Å². The Morgan fingerprint density at radius 3 is 2.38 bits per heavy atom. The number of rotatable bonds is 6. The number of nitrogens with one attached hydrogen (secondary N) is 1. The molecule has 0 aliphatic carbocycles. The Labute approximate surface area is 123 Å². The average molecular weight is 279 g/mol. The van der Waals surface area contributed by atoms with Crippen molar-refractivity contribution >= 4 is 0 Å². The van der Waals surface area contributed by atoms with Gasteiger partial charge in [0.15, 0.2) is 5.82 Å². The first-order chi connectivity index (χ1) is 10.4. The van der Waals surface area contributed by atoms with Crippen LogP contribution in [-0.2, 0) is 13.0 Å². The SMILES string of the molecule is c1ccc(-c2ccc(CNCCc3ncon3)cc2)cc1. The monoisotopic (exact) mass is 279 g/mol. The number of aromatic nitrogens is 2. The lowest BCUT2D eigenvalue weighted by Crippen LogP contribution is -2.17. The highest BCUT2D eigenvalue weighted by Gasteiger charge is 1.99. The highest BCUT2D eigenvalue weighted by Crippen LogP contribution is 2.19. The highest BCUT2D eigenvalue weighted by molar-refractivity contribution is 5.63. The van der Waals surface area contributed by atoms with Crippen LogP contribution in [0.5, 0.6) is 0 Å². The van der Waals surface area contributed by atoms with Gasteiger partial charge < -0.3 is 9.84 Å². The van der Waals surface area contributed by atoms with E-state index in [1.54, 1.807) is 0 Å². The molecule has 3 aromatic rings. The molecule has 2 aromatic carbocycles. The van der Waals surface area contributed by atoms with Crippen molar-refractivity contribution < 1.29 is 4.52 Å². The van der Waals surface area contributed by atoms with Gasteiger partial charge in [-0.2, -0.15) is 4.98 Å². The summed E-state index contributed by atoms with van der Waals surface area (Å²) in [5.74, 6) is 0.738. The predicted octanol–water partition coefficient (Wildman–Crippen LogP) is 3.07. The fourth-order valence-corrected chi connectivity index (χ4v) is 2.18. The molecule has 1 heterocycles. The lowest BCUT2D eigenvalue weighted by Gasteiger charge is -2.06. The van der Waals surface area contributed by atoms with E-state index in [1.165, 1.54) is 23.1 Å². The maximum Gasteiger partial charge on any atom is 0.213 e. The van der Waals surface area contributed by atoms with Crippen LogP contribution in [-0.4, -0.2) is 16.7 Å². The van der Waals surface area contributed by atoms with Crippen molar-refractivity contribution in [2.45, 2.75) is 13.0 Å². The summed E-state index contributed by atoms with van der Waals surface area (Å²) in [5.41, 5.74) is 3.75. The van der Waals surface area contributed by atoms with E-state index in [9.17, 15) is 0 Å². The summed E-state index contributed by atoms with van der Waals surface area (Å²) in [7, 11) is 0. The molecule has 4 heteroatoms. The summed E-state index contributed by atoms with van der Waals surface area (Å²) in [6.07, 6.45) is 2.14. The quantitative estimate of drug-likeness (QED) is 0.705. The van der Waals surface area contributed by atoms with E-state index in [2.05, 4.69) is 64.0 Å². The van der Waals surface area contributed by atoms with Gasteiger partial charge in [-0.1, -0.05) is 59.8 Å². The molecule has 0 atom stereocenters. The molecule has 1 aromatic heterocycles. The fourth-order valence-electron chi connectivity index (χ4n) is 2.18. The van der Waals surface area contributed by atoms with Crippen LogP contribution in [0.15, 0.2) is 65.5 Å². The second kappa shape index (κ2) is 6.81. The molecule has 0 radical (unpaired) electrons. The van der Waals surface area contributed by atoms with Gasteiger partial charge >= 0.3 is 0 Å². The molecule has 3 rings (SSSR count). The minimum atomic E-state index is 0.738. The lowest BCUT2D eigenvalue weighted by molar-refractivity contribution is 0.409. The summed E-state index contributed by atoms with van der Waals surface area (Å²) < 4.78 is 4.70. The van der Waals surface area contributed by atoms with E-state index < -0.39 is 0 Å². The van der Waals surface area contributed by atoms with Crippen LogP contribution < -0.4 is 5.32 Å². The zero-order valence-corrected chi connectivity index (χ0v) is 11.7. The smallest absolute Gasteiger partial charge is 0.213 e. The standard InChI is InChI=1S/C17H17N3O/c1-2-4-15(5-3-1)16-8-6-14(7-9-16)12-18-11-10-17-19-13-21-20-17/h1-9,13,18H,10-12H2. The summed E-state index contributed by atoms with van der Waals surface area (Å²) in [6, 6.07) is 19.0. The van der Waals surface area contributed by atoms with Crippen LogP contribution in [0.1, 0.15) is 11.4 Å². The molecule has 0 saturated heterocycles. The molecule has 0 saturated carbocycles. The Balaban J connectivity index is 1.50. The van der Waals surface area contributed by atoms with Gasteiger partial charge in [-0.15, -0.1) is 0 Å². The van der Waals surface area contributed by atoms with Crippen LogP contribution in [0.3, 0.4) is 0 Å². The van der Waals surface area contributed by atoms with Crippen molar-refractivity contribution in [2.24, 2.45) is 0 Å². The summed E-state index contributed by atoms with van der Waals surface area (Å²) in [5, 5.41) is 7.16. The van der Waals surface area contributed by atoms with Crippen LogP contribution in [0, 0.1) is 0 Å². The van der Waals surface area contributed by atoms with Crippen LogP contribution in [0.2, 0.25) is 0 Å². The first-order valence-electron chi connectivity index (χ1n) is 7.02. The van der Waals surface area contributed by atoms with E-state index in [4.69, 9.17) is 4.52 Å². The molecular weight excluding hydrogens is 262 g/mol. The van der Waals surface area contributed by atoms with Gasteiger partial charge in [-0.3, -0.25) is 0 Å². The van der Waals surface area contributed by atoms with E-state index in [-0.39, 0.29) is 0 Å². The Morgan fingerprint density at radius 2 is 1.67 bits per heavy atom. The van der Waals surface area contributed by atoms with Crippen molar-refractivity contribution in [1.82, 2.24) is 15.5 Å². The summed E-state index contributed by atoms with van der Waals surface area (Å²) >= 11 is 0. The summed E-state index contributed by atoms with van der Waals surface area (Å²) in [4.78, 5) is 3.99. The Hall–Kier alpha value is -2.46. The van der Waals surface area contributed by atoms with Gasteiger partial charge in [-0.25, -0.2) is 0 Å². The molecule has 0 amide bonds. The molecular formula is C17H17N3O. The third-order valence-electron chi connectivity index (χ3n) is 3.32. The lowest BCUT2D eigenvalue weighted by atomic mass is 10.0. The Bertz CT molecular complexity index is 648. The van der Waals surface area contributed by atoms with Gasteiger partial charge in [0, 0.05) is 19.5 Å². The van der Waals surface area contributed by atoms with Crippen molar-refractivity contribution in [2.75, 3.05) is 6.54 Å². The minimum absolute atomic E-state index is 0.738. The molecule has 0 aliphatic heterocycles. The average Bonchev–Trinajstić information content (AvgIpc) is 3.06. The molecule has 0 fully saturated rings. The van der Waals surface area contributed by atoms with Crippen molar-refractivity contribution in [3.8, 4) is 11.1 Å². The van der Waals surface area contributed by atoms with Gasteiger partial charge in [0.05, 0.1) is 0 Å². The maximum absolute atomic E-state index is 4.70. The minimum Gasteiger partial charge on any atom is -0.343 e. The van der Waals surface area contributed by atoms with E-state index in [0.29, 0.717) is 0 Å². The number of nitrogens with zero attached hydrogens (tertiary/aromatic N) is 2. The van der Waals surface area contributed by atoms with Crippen LogP contribution in [0.25, 0.3) is 11.1 Å². The molecule has 0 aliphatic rings. The predicted molar refractivity (Wildman–Crippen MR) is 81.6 cm³/mol. The van der Waals surface area contributed by atoms with Gasteiger partial charge in [-0.05, 0) is 16.7 Å². The first kappa shape index (κ1) is 13.5. The molecule has 106 valence electrons. The van der Waals surface area contributed by atoms with Crippen molar-refractivity contribution in [3.05, 3.63) is 72.4 Å². The summed E-state index contributed by atoms with van der Waals surface area (Å²) in [6.45, 7) is 1.67. The molecule has 1 N–H and O–H groups in total. The topological polar surface area (TPSA) is 51.0 Å². The number of hydrogen-bond donors (Lipinski definition) is 1. The molecule has 0 unspecified atom stereocenters. The third-order valence-corrected chi connectivity index (χ3v) is 3.32. The van der Waals surface area contributed by atoms with Gasteiger partial charge in [0.1, 0.15) is 0 Å². The van der Waals surface area contributed by atoms with E-state index in [1.807, 2.05) is 6.07 Å². The molecule has 0 bridgehead atoms. The molecule has 21 heavy (non-hydrogen) atoms.